The molecule has 82 valence electrons. The van der Waals surface area contributed by atoms with Gasteiger partial charge in [0.1, 0.15) is 5.82 Å². The highest BCUT2D eigenvalue weighted by atomic mass is 15.0. The van der Waals surface area contributed by atoms with Crippen molar-refractivity contribution in [1.82, 2.24) is 10.3 Å². The Bertz CT molecular complexity index is 303. The Morgan fingerprint density at radius 3 is 3.13 bits per heavy atom. The maximum absolute atomic E-state index is 4.47. The van der Waals surface area contributed by atoms with Gasteiger partial charge in [0.2, 0.25) is 0 Å². The first-order valence-corrected chi connectivity index (χ1v) is 5.75. The van der Waals surface area contributed by atoms with Gasteiger partial charge in [0.25, 0.3) is 0 Å². The molecule has 0 aliphatic carbocycles. The van der Waals surface area contributed by atoms with E-state index >= 15 is 0 Å². The summed E-state index contributed by atoms with van der Waals surface area (Å²) in [7, 11) is 0. The minimum Gasteiger partial charge on any atom is -0.367 e. The molecule has 0 spiro atoms. The zero-order chi connectivity index (χ0) is 10.5. The number of aryl methyl sites for hydroxylation is 1. The molecule has 1 aliphatic rings. The van der Waals surface area contributed by atoms with E-state index in [1.54, 1.807) is 0 Å². The lowest BCUT2D eigenvalue weighted by Crippen LogP contribution is -2.22. The fourth-order valence-corrected chi connectivity index (χ4v) is 2.00. The van der Waals surface area contributed by atoms with Gasteiger partial charge < -0.3 is 10.6 Å². The Balaban J connectivity index is 1.95. The summed E-state index contributed by atoms with van der Waals surface area (Å²) in [6.45, 7) is 4.29. The van der Waals surface area contributed by atoms with Crippen LogP contribution in [0.15, 0.2) is 18.2 Å². The van der Waals surface area contributed by atoms with E-state index in [0.29, 0.717) is 6.04 Å². The number of hydrogen-bond acceptors (Lipinski definition) is 3. The molecular formula is C12H19N3. The molecule has 2 heterocycles. The maximum atomic E-state index is 4.47. The number of nitrogens with one attached hydrogen (secondary N) is 2. The van der Waals surface area contributed by atoms with Crippen molar-refractivity contribution in [2.75, 3.05) is 18.4 Å². The first-order chi connectivity index (χ1) is 7.34. The number of nitrogens with zero attached hydrogens (tertiary/aromatic N) is 1. The quantitative estimate of drug-likeness (QED) is 0.775. The maximum Gasteiger partial charge on any atom is 0.126 e. The molecule has 2 rings (SSSR count). The summed E-state index contributed by atoms with van der Waals surface area (Å²) in [6, 6.07) is 6.71. The summed E-state index contributed by atoms with van der Waals surface area (Å²) in [5.41, 5.74) is 1.08. The van der Waals surface area contributed by atoms with Crippen LogP contribution in [0.1, 0.15) is 25.0 Å². The second-order valence-corrected chi connectivity index (χ2v) is 4.19. The van der Waals surface area contributed by atoms with E-state index in [0.717, 1.165) is 24.6 Å². The Morgan fingerprint density at radius 1 is 1.33 bits per heavy atom. The van der Waals surface area contributed by atoms with Crippen molar-refractivity contribution in [2.45, 2.75) is 32.2 Å². The number of hydrogen-bond donors (Lipinski definition) is 2. The SMILES string of the molecule is Cc1cccc(NC2CCCNCC2)n1. The van der Waals surface area contributed by atoms with E-state index < -0.39 is 0 Å². The van der Waals surface area contributed by atoms with Crippen LogP contribution in [0.2, 0.25) is 0 Å². The number of rotatable bonds is 2. The van der Waals surface area contributed by atoms with Crippen molar-refractivity contribution < 1.29 is 0 Å². The molecule has 3 nitrogen and oxygen atoms in total. The van der Waals surface area contributed by atoms with Gasteiger partial charge in [-0.05, 0) is 51.4 Å². The van der Waals surface area contributed by atoms with Crippen molar-refractivity contribution >= 4 is 5.82 Å². The van der Waals surface area contributed by atoms with Crippen LogP contribution in [-0.2, 0) is 0 Å². The summed E-state index contributed by atoms with van der Waals surface area (Å²) in [5, 5.41) is 6.92. The average molecular weight is 205 g/mol. The lowest BCUT2D eigenvalue weighted by molar-refractivity contribution is 0.635. The molecule has 15 heavy (non-hydrogen) atoms. The highest BCUT2D eigenvalue weighted by molar-refractivity contribution is 5.36. The van der Waals surface area contributed by atoms with Gasteiger partial charge in [-0.3, -0.25) is 0 Å². The van der Waals surface area contributed by atoms with Gasteiger partial charge in [-0.1, -0.05) is 6.07 Å². The lowest BCUT2D eigenvalue weighted by atomic mass is 10.1. The summed E-state index contributed by atoms with van der Waals surface area (Å²) < 4.78 is 0. The second kappa shape index (κ2) is 5.12. The van der Waals surface area contributed by atoms with Crippen LogP contribution in [0.5, 0.6) is 0 Å². The standard InChI is InChI=1S/C12H19N3/c1-10-4-2-6-12(14-10)15-11-5-3-8-13-9-7-11/h2,4,6,11,13H,3,5,7-9H2,1H3,(H,14,15). The number of aromatic nitrogens is 1. The Kier molecular flexibility index (Phi) is 3.56. The van der Waals surface area contributed by atoms with Crippen LogP contribution in [0, 0.1) is 6.92 Å². The minimum absolute atomic E-state index is 0.578. The normalized spacial score (nSPS) is 22.1. The zero-order valence-electron chi connectivity index (χ0n) is 9.29. The molecule has 0 amide bonds. The van der Waals surface area contributed by atoms with Gasteiger partial charge in [0.05, 0.1) is 0 Å². The van der Waals surface area contributed by atoms with Crippen LogP contribution in [0.4, 0.5) is 5.82 Å². The molecule has 0 bridgehead atoms. The number of pyridine rings is 1. The van der Waals surface area contributed by atoms with Crippen LogP contribution in [0.3, 0.4) is 0 Å². The molecule has 2 N–H and O–H groups in total. The zero-order valence-corrected chi connectivity index (χ0v) is 9.29. The van der Waals surface area contributed by atoms with Gasteiger partial charge in [0, 0.05) is 11.7 Å². The molecule has 0 radical (unpaired) electrons. The van der Waals surface area contributed by atoms with Gasteiger partial charge in [-0.15, -0.1) is 0 Å². The smallest absolute Gasteiger partial charge is 0.126 e. The Morgan fingerprint density at radius 2 is 2.27 bits per heavy atom. The van der Waals surface area contributed by atoms with Crippen LogP contribution >= 0.6 is 0 Å². The topological polar surface area (TPSA) is 37.0 Å². The third-order valence-electron chi connectivity index (χ3n) is 2.82. The highest BCUT2D eigenvalue weighted by Gasteiger charge is 2.11. The average Bonchev–Trinajstić information content (AvgIpc) is 2.46. The highest BCUT2D eigenvalue weighted by Crippen LogP contribution is 2.12. The predicted octanol–water partition coefficient (Wildman–Crippen LogP) is 1.94. The van der Waals surface area contributed by atoms with Gasteiger partial charge >= 0.3 is 0 Å². The fraction of sp³-hybridized carbons (Fsp3) is 0.583. The molecule has 1 aromatic rings. The molecule has 0 aromatic carbocycles. The largest absolute Gasteiger partial charge is 0.367 e. The molecule has 1 aromatic heterocycles. The van der Waals surface area contributed by atoms with E-state index in [1.165, 1.54) is 19.3 Å². The van der Waals surface area contributed by atoms with Crippen molar-refractivity contribution in [2.24, 2.45) is 0 Å². The van der Waals surface area contributed by atoms with Crippen molar-refractivity contribution in [1.29, 1.82) is 0 Å². The summed E-state index contributed by atoms with van der Waals surface area (Å²) in [6.07, 6.45) is 3.68. The monoisotopic (exact) mass is 205 g/mol. The van der Waals surface area contributed by atoms with Crippen molar-refractivity contribution in [3.8, 4) is 0 Å². The predicted molar refractivity (Wildman–Crippen MR) is 63.1 cm³/mol. The van der Waals surface area contributed by atoms with Crippen LogP contribution in [0.25, 0.3) is 0 Å². The van der Waals surface area contributed by atoms with Crippen molar-refractivity contribution in [3.05, 3.63) is 23.9 Å². The van der Waals surface area contributed by atoms with E-state index in [4.69, 9.17) is 0 Å². The second-order valence-electron chi connectivity index (χ2n) is 4.19. The van der Waals surface area contributed by atoms with Gasteiger partial charge in [0.15, 0.2) is 0 Å². The molecule has 0 saturated carbocycles. The molecular weight excluding hydrogens is 186 g/mol. The van der Waals surface area contributed by atoms with Gasteiger partial charge in [-0.2, -0.15) is 0 Å². The van der Waals surface area contributed by atoms with E-state index in [9.17, 15) is 0 Å². The van der Waals surface area contributed by atoms with Crippen LogP contribution < -0.4 is 10.6 Å². The Hall–Kier alpha value is -1.09. The minimum atomic E-state index is 0.578. The third-order valence-corrected chi connectivity index (χ3v) is 2.82. The summed E-state index contributed by atoms with van der Waals surface area (Å²) in [5.74, 6) is 1.02. The van der Waals surface area contributed by atoms with Gasteiger partial charge in [-0.25, -0.2) is 4.98 Å². The van der Waals surface area contributed by atoms with E-state index in [1.807, 2.05) is 19.1 Å². The molecule has 1 fully saturated rings. The molecule has 1 atom stereocenters. The Labute approximate surface area is 91.3 Å². The van der Waals surface area contributed by atoms with Crippen molar-refractivity contribution in [3.63, 3.8) is 0 Å². The molecule has 1 unspecified atom stereocenters. The molecule has 3 heteroatoms. The van der Waals surface area contributed by atoms with Crippen LogP contribution in [-0.4, -0.2) is 24.1 Å². The third kappa shape index (κ3) is 3.20. The molecule has 1 aliphatic heterocycles. The van der Waals surface area contributed by atoms with E-state index in [-0.39, 0.29) is 0 Å². The number of anilines is 1. The fourth-order valence-electron chi connectivity index (χ4n) is 2.00. The summed E-state index contributed by atoms with van der Waals surface area (Å²) in [4.78, 5) is 4.47. The lowest BCUT2D eigenvalue weighted by Gasteiger charge is -2.16. The first-order valence-electron chi connectivity index (χ1n) is 5.75. The molecule has 1 saturated heterocycles. The summed E-state index contributed by atoms with van der Waals surface area (Å²) >= 11 is 0. The first kappa shape index (κ1) is 10.4. The van der Waals surface area contributed by atoms with E-state index in [2.05, 4.69) is 21.7 Å².